The molecule has 2 heterocycles. The second-order valence-corrected chi connectivity index (χ2v) is 8.65. The Morgan fingerprint density at radius 2 is 1.93 bits per heavy atom. The van der Waals surface area contributed by atoms with Crippen molar-refractivity contribution < 1.29 is 4.74 Å². The van der Waals surface area contributed by atoms with E-state index < -0.39 is 0 Å². The van der Waals surface area contributed by atoms with Crippen molar-refractivity contribution in [3.05, 3.63) is 73.0 Å². The Kier molecular flexibility index (Phi) is 6.37. The number of fused-ring (bicyclic) bond motifs is 1. The van der Waals surface area contributed by atoms with E-state index in [0.717, 1.165) is 24.3 Å². The molecule has 2 aromatic heterocycles. The maximum absolute atomic E-state index is 12.7. The van der Waals surface area contributed by atoms with Crippen molar-refractivity contribution in [3.63, 3.8) is 0 Å². The van der Waals surface area contributed by atoms with E-state index in [-0.39, 0.29) is 5.56 Å². The van der Waals surface area contributed by atoms with Gasteiger partial charge in [0.1, 0.15) is 5.75 Å². The molecular formula is C22H19Cl2N3O2S. The van der Waals surface area contributed by atoms with Crippen molar-refractivity contribution in [2.24, 2.45) is 0 Å². The number of aromatic nitrogens is 3. The van der Waals surface area contributed by atoms with Gasteiger partial charge in [0, 0.05) is 10.6 Å². The molecule has 8 heteroatoms. The van der Waals surface area contributed by atoms with Crippen LogP contribution in [0.3, 0.4) is 0 Å². The minimum Gasteiger partial charge on any atom is -0.494 e. The molecule has 0 bridgehead atoms. The topological polar surface area (TPSA) is 56.5 Å². The third-order valence-corrected chi connectivity index (χ3v) is 6.06. The van der Waals surface area contributed by atoms with E-state index in [0.29, 0.717) is 30.9 Å². The van der Waals surface area contributed by atoms with Gasteiger partial charge in [-0.3, -0.25) is 4.79 Å². The van der Waals surface area contributed by atoms with Crippen LogP contribution in [0.25, 0.3) is 22.4 Å². The zero-order chi connectivity index (χ0) is 21.1. The van der Waals surface area contributed by atoms with Gasteiger partial charge in [-0.15, -0.1) is 5.10 Å². The summed E-state index contributed by atoms with van der Waals surface area (Å²) in [6.45, 7) is 2.88. The van der Waals surface area contributed by atoms with Crippen LogP contribution in [-0.2, 0) is 0 Å². The Hall–Kier alpha value is -2.41. The van der Waals surface area contributed by atoms with Crippen LogP contribution in [0.1, 0.15) is 31.7 Å². The van der Waals surface area contributed by atoms with Crippen LogP contribution in [0.2, 0.25) is 10.0 Å². The van der Waals surface area contributed by atoms with Crippen molar-refractivity contribution >= 4 is 45.6 Å². The number of hydrogen-bond acceptors (Lipinski definition) is 5. The average Bonchev–Trinajstić information content (AvgIpc) is 3.26. The molecule has 0 saturated carbocycles. The quantitative estimate of drug-likeness (QED) is 0.354. The number of ether oxygens (including phenoxy) is 1. The first-order valence-electron chi connectivity index (χ1n) is 9.65. The van der Waals surface area contributed by atoms with Crippen LogP contribution < -0.4 is 14.8 Å². The van der Waals surface area contributed by atoms with Gasteiger partial charge >= 0.3 is 0 Å². The standard InChI is InChI=1S/C22H19Cl2N3O2S/c1-2-3-4-11-29-16-8-5-14(6-9-16)12-19-21(28)27-22(30-19)25-20(26-27)17-10-7-15(23)13-18(17)24/h5-10,12-13H,2-4,11H2,1H3/b19-12+. The van der Waals surface area contributed by atoms with Gasteiger partial charge < -0.3 is 4.74 Å². The lowest BCUT2D eigenvalue weighted by molar-refractivity contribution is 0.306. The van der Waals surface area contributed by atoms with Gasteiger partial charge in [-0.2, -0.15) is 9.50 Å². The second-order valence-electron chi connectivity index (χ2n) is 6.79. The van der Waals surface area contributed by atoms with Crippen LogP contribution in [0.15, 0.2) is 47.3 Å². The molecule has 154 valence electrons. The lowest BCUT2D eigenvalue weighted by Gasteiger charge is -2.05. The van der Waals surface area contributed by atoms with Crippen molar-refractivity contribution in [3.8, 4) is 17.1 Å². The normalized spacial score (nSPS) is 12.0. The van der Waals surface area contributed by atoms with Crippen molar-refractivity contribution in [1.29, 1.82) is 0 Å². The molecule has 0 fully saturated rings. The Morgan fingerprint density at radius 3 is 2.63 bits per heavy atom. The monoisotopic (exact) mass is 459 g/mol. The summed E-state index contributed by atoms with van der Waals surface area (Å²) in [6.07, 6.45) is 5.22. The third-order valence-electron chi connectivity index (χ3n) is 4.55. The molecule has 4 rings (SSSR count). The number of hydrogen-bond donors (Lipinski definition) is 0. The van der Waals surface area contributed by atoms with Crippen LogP contribution >= 0.6 is 34.5 Å². The SMILES string of the molecule is CCCCCOc1ccc(/C=c2/sc3nc(-c4ccc(Cl)cc4Cl)nn3c2=O)cc1. The summed E-state index contributed by atoms with van der Waals surface area (Å²) in [5.74, 6) is 1.23. The fourth-order valence-corrected chi connectivity index (χ4v) is 4.37. The predicted molar refractivity (Wildman–Crippen MR) is 123 cm³/mol. The van der Waals surface area contributed by atoms with Gasteiger partial charge in [-0.25, -0.2) is 0 Å². The molecule has 5 nitrogen and oxygen atoms in total. The van der Waals surface area contributed by atoms with E-state index in [2.05, 4.69) is 17.0 Å². The molecule has 0 aliphatic rings. The van der Waals surface area contributed by atoms with Crippen molar-refractivity contribution in [2.45, 2.75) is 26.2 Å². The number of halogens is 2. The molecule has 0 aliphatic heterocycles. The first-order valence-corrected chi connectivity index (χ1v) is 11.2. The van der Waals surface area contributed by atoms with Gasteiger partial charge in [-0.05, 0) is 48.4 Å². The Labute approximate surface area is 187 Å². The van der Waals surface area contributed by atoms with Crippen LogP contribution in [0.5, 0.6) is 5.75 Å². The molecular weight excluding hydrogens is 441 g/mol. The molecule has 0 atom stereocenters. The van der Waals surface area contributed by atoms with Crippen LogP contribution in [0, 0.1) is 0 Å². The molecule has 0 amide bonds. The molecule has 0 saturated heterocycles. The summed E-state index contributed by atoms with van der Waals surface area (Å²) in [5, 5.41) is 5.31. The zero-order valence-electron chi connectivity index (χ0n) is 16.3. The van der Waals surface area contributed by atoms with E-state index in [1.807, 2.05) is 30.3 Å². The summed E-state index contributed by atoms with van der Waals surface area (Å²) in [6, 6.07) is 12.8. The van der Waals surface area contributed by atoms with Crippen molar-refractivity contribution in [1.82, 2.24) is 14.6 Å². The van der Waals surface area contributed by atoms with Crippen LogP contribution in [0.4, 0.5) is 0 Å². The van der Waals surface area contributed by atoms with Crippen LogP contribution in [-0.4, -0.2) is 21.2 Å². The first kappa shape index (κ1) is 20.8. The molecule has 0 spiro atoms. The summed E-state index contributed by atoms with van der Waals surface area (Å²) >= 11 is 13.5. The molecule has 4 aromatic rings. The number of nitrogens with zero attached hydrogens (tertiary/aromatic N) is 3. The highest BCUT2D eigenvalue weighted by atomic mass is 35.5. The minimum absolute atomic E-state index is 0.210. The average molecular weight is 460 g/mol. The Morgan fingerprint density at radius 1 is 1.13 bits per heavy atom. The fourth-order valence-electron chi connectivity index (χ4n) is 2.97. The highest BCUT2D eigenvalue weighted by Gasteiger charge is 2.14. The lowest BCUT2D eigenvalue weighted by Crippen LogP contribution is -2.23. The van der Waals surface area contributed by atoms with Gasteiger partial charge in [0.15, 0.2) is 5.82 Å². The lowest BCUT2D eigenvalue weighted by atomic mass is 10.2. The number of thiazole rings is 1. The smallest absolute Gasteiger partial charge is 0.291 e. The number of benzene rings is 2. The largest absolute Gasteiger partial charge is 0.494 e. The highest BCUT2D eigenvalue weighted by molar-refractivity contribution is 7.15. The first-order chi connectivity index (χ1) is 14.5. The highest BCUT2D eigenvalue weighted by Crippen LogP contribution is 2.28. The minimum atomic E-state index is -0.210. The molecule has 0 unspecified atom stereocenters. The van der Waals surface area contributed by atoms with E-state index in [4.69, 9.17) is 27.9 Å². The van der Waals surface area contributed by atoms with E-state index >= 15 is 0 Å². The zero-order valence-corrected chi connectivity index (χ0v) is 18.6. The van der Waals surface area contributed by atoms with Crippen molar-refractivity contribution in [2.75, 3.05) is 6.61 Å². The molecule has 0 radical (unpaired) electrons. The molecule has 0 N–H and O–H groups in total. The fraction of sp³-hybridized carbons (Fsp3) is 0.227. The second kappa shape index (κ2) is 9.16. The summed E-state index contributed by atoms with van der Waals surface area (Å²) in [7, 11) is 0. The molecule has 2 aromatic carbocycles. The summed E-state index contributed by atoms with van der Waals surface area (Å²) < 4.78 is 7.60. The van der Waals surface area contributed by atoms with Gasteiger partial charge in [0.25, 0.3) is 5.56 Å². The number of unbranched alkanes of at least 4 members (excludes halogenated alkanes) is 2. The van der Waals surface area contributed by atoms with E-state index in [9.17, 15) is 4.79 Å². The Bertz CT molecular complexity index is 1280. The molecule has 0 aliphatic carbocycles. The summed E-state index contributed by atoms with van der Waals surface area (Å²) in [4.78, 5) is 17.7. The molecule has 30 heavy (non-hydrogen) atoms. The predicted octanol–water partition coefficient (Wildman–Crippen LogP) is 5.24. The summed E-state index contributed by atoms with van der Waals surface area (Å²) in [5.41, 5.74) is 1.34. The van der Waals surface area contributed by atoms with Gasteiger partial charge in [-0.1, -0.05) is 66.4 Å². The van der Waals surface area contributed by atoms with Gasteiger partial charge in [0.05, 0.1) is 16.2 Å². The maximum atomic E-state index is 12.7. The van der Waals surface area contributed by atoms with Gasteiger partial charge in [0.2, 0.25) is 4.96 Å². The van der Waals surface area contributed by atoms with E-state index in [1.165, 1.54) is 28.7 Å². The maximum Gasteiger partial charge on any atom is 0.291 e. The third kappa shape index (κ3) is 4.51. The number of rotatable bonds is 7. The Balaban J connectivity index is 1.58. The van der Waals surface area contributed by atoms with E-state index in [1.54, 1.807) is 18.2 Å².